The van der Waals surface area contributed by atoms with Gasteiger partial charge in [-0.2, -0.15) is 13.1 Å². The molecule has 35 heavy (non-hydrogen) atoms. The highest BCUT2D eigenvalue weighted by molar-refractivity contribution is 7.83. The molecule has 1 aliphatic rings. The second-order valence-electron chi connectivity index (χ2n) is 8.60. The van der Waals surface area contributed by atoms with E-state index in [1.54, 1.807) is 6.92 Å². The molecule has 0 aliphatic carbocycles. The van der Waals surface area contributed by atoms with Crippen LogP contribution in [0.25, 0.3) is 0 Å². The first kappa shape index (κ1) is 24.8. The van der Waals surface area contributed by atoms with Gasteiger partial charge in [0.1, 0.15) is 12.4 Å². The van der Waals surface area contributed by atoms with E-state index in [9.17, 15) is 8.42 Å². The lowest BCUT2D eigenvalue weighted by Gasteiger charge is -2.31. The molecule has 1 aliphatic heterocycles. The molecule has 7 heteroatoms. The minimum Gasteiger partial charge on any atom is -0.489 e. The van der Waals surface area contributed by atoms with Crippen molar-refractivity contribution in [3.8, 4) is 17.6 Å². The summed E-state index contributed by atoms with van der Waals surface area (Å²) in [5.41, 5.74) is 5.97. The average molecular weight is 491 g/mol. The van der Waals surface area contributed by atoms with Crippen LogP contribution in [-0.4, -0.2) is 26.1 Å². The number of anilines is 1. The Morgan fingerprint density at radius 2 is 1.74 bits per heavy atom. The van der Waals surface area contributed by atoms with E-state index < -0.39 is 10.3 Å². The van der Waals surface area contributed by atoms with Crippen LogP contribution >= 0.6 is 0 Å². The number of ether oxygens (including phenoxy) is 1. The van der Waals surface area contributed by atoms with Crippen molar-refractivity contribution in [1.82, 2.24) is 4.72 Å². The Bertz CT molecular complexity index is 1290. The monoisotopic (exact) mass is 490 g/mol. The van der Waals surface area contributed by atoms with E-state index in [1.807, 2.05) is 24.3 Å². The molecular weight excluding hydrogens is 460 g/mol. The van der Waals surface area contributed by atoms with Crippen LogP contribution < -0.4 is 14.4 Å². The normalized spacial score (nSPS) is 13.9. The summed E-state index contributed by atoms with van der Waals surface area (Å²) >= 11 is 0. The van der Waals surface area contributed by atoms with Crippen molar-refractivity contribution in [2.45, 2.75) is 38.8 Å². The number of rotatable bonds is 9. The molecule has 0 spiro atoms. The molecule has 0 radical (unpaired) electrons. The smallest absolute Gasteiger partial charge is 0.333 e. The van der Waals surface area contributed by atoms with Crippen LogP contribution in [0.2, 0.25) is 0 Å². The highest BCUT2D eigenvalue weighted by Gasteiger charge is 2.16. The third kappa shape index (κ3) is 7.09. The Labute approximate surface area is 207 Å². The standard InChI is InChI=1S/C28H30N2O4S/c1-2-6-26(19-29-35(31,32)33)24-14-16-27(17-15-24)34-21-23-12-10-22(11-13-23)20-30-18-5-8-25-7-3-4-9-28(25)30/h3-4,7,9-17,26,29H,5,8,18-21H2,1H3,(H,31,32,33). The third-order valence-corrected chi connectivity index (χ3v) is 6.61. The number of hydrogen-bond donors (Lipinski definition) is 2. The lowest BCUT2D eigenvalue weighted by Crippen LogP contribution is -2.28. The van der Waals surface area contributed by atoms with E-state index in [1.165, 1.54) is 23.2 Å². The summed E-state index contributed by atoms with van der Waals surface area (Å²) in [4.78, 5) is 2.45. The Balaban J connectivity index is 1.32. The van der Waals surface area contributed by atoms with Gasteiger partial charge >= 0.3 is 10.3 Å². The minimum atomic E-state index is -4.26. The first-order valence-corrected chi connectivity index (χ1v) is 13.1. The topological polar surface area (TPSA) is 78.9 Å². The summed E-state index contributed by atoms with van der Waals surface area (Å²) in [6.45, 7) is 4.11. The van der Waals surface area contributed by atoms with Gasteiger partial charge in [-0.3, -0.25) is 4.55 Å². The Morgan fingerprint density at radius 1 is 1.03 bits per heavy atom. The number of hydrogen-bond acceptors (Lipinski definition) is 4. The summed E-state index contributed by atoms with van der Waals surface area (Å²) in [5, 5.41) is 0. The fourth-order valence-electron chi connectivity index (χ4n) is 4.32. The van der Waals surface area contributed by atoms with Gasteiger partial charge in [-0.1, -0.05) is 60.5 Å². The number of benzene rings is 3. The summed E-state index contributed by atoms with van der Waals surface area (Å²) in [6.07, 6.45) is 2.34. The molecule has 1 unspecified atom stereocenters. The van der Waals surface area contributed by atoms with Gasteiger partial charge in [0.25, 0.3) is 0 Å². The van der Waals surface area contributed by atoms with E-state index in [0.29, 0.717) is 12.4 Å². The molecule has 0 aromatic heterocycles. The number of nitrogens with one attached hydrogen (secondary N) is 1. The second-order valence-corrected chi connectivity index (χ2v) is 9.84. The Morgan fingerprint density at radius 3 is 2.46 bits per heavy atom. The van der Waals surface area contributed by atoms with E-state index in [-0.39, 0.29) is 12.5 Å². The van der Waals surface area contributed by atoms with Crippen molar-refractivity contribution in [2.24, 2.45) is 0 Å². The molecule has 1 heterocycles. The van der Waals surface area contributed by atoms with Crippen molar-refractivity contribution in [1.29, 1.82) is 0 Å². The van der Waals surface area contributed by atoms with Crippen LogP contribution in [0, 0.1) is 11.8 Å². The van der Waals surface area contributed by atoms with E-state index >= 15 is 0 Å². The molecule has 0 amide bonds. The van der Waals surface area contributed by atoms with Gasteiger partial charge in [0.05, 0.1) is 5.92 Å². The maximum atomic E-state index is 11.0. The maximum absolute atomic E-state index is 11.0. The third-order valence-electron chi connectivity index (χ3n) is 6.08. The quantitative estimate of drug-likeness (QED) is 0.335. The van der Waals surface area contributed by atoms with Crippen LogP contribution in [0.3, 0.4) is 0 Å². The van der Waals surface area contributed by atoms with Gasteiger partial charge in [0, 0.05) is 25.3 Å². The first-order chi connectivity index (χ1) is 16.9. The van der Waals surface area contributed by atoms with Crippen molar-refractivity contribution >= 4 is 16.0 Å². The summed E-state index contributed by atoms with van der Waals surface area (Å²) < 4.78 is 38.9. The SMILES string of the molecule is CC#CC(CNS(=O)(=O)O)c1ccc(OCc2ccc(CN3CCCc4ccccc43)cc2)cc1. The number of nitrogens with zero attached hydrogens (tertiary/aromatic N) is 1. The molecule has 3 aromatic carbocycles. The predicted octanol–water partition coefficient (Wildman–Crippen LogP) is 4.72. The number of para-hydroxylation sites is 1. The van der Waals surface area contributed by atoms with Crippen LogP contribution in [0.1, 0.15) is 41.5 Å². The highest BCUT2D eigenvalue weighted by Crippen LogP contribution is 2.28. The Kier molecular flexibility index (Phi) is 8.09. The molecule has 1 atom stereocenters. The van der Waals surface area contributed by atoms with Gasteiger partial charge in [-0.15, -0.1) is 5.92 Å². The van der Waals surface area contributed by atoms with Crippen LogP contribution in [-0.2, 0) is 29.9 Å². The predicted molar refractivity (Wildman–Crippen MR) is 139 cm³/mol. The van der Waals surface area contributed by atoms with Gasteiger partial charge in [0.2, 0.25) is 0 Å². The summed E-state index contributed by atoms with van der Waals surface area (Å²) in [7, 11) is -4.26. The summed E-state index contributed by atoms with van der Waals surface area (Å²) in [6, 6.07) is 24.6. The zero-order chi connectivity index (χ0) is 24.7. The summed E-state index contributed by atoms with van der Waals surface area (Å²) in [5.74, 6) is 6.11. The second kappa shape index (κ2) is 11.4. The Hall–Kier alpha value is -3.31. The fraction of sp³-hybridized carbons (Fsp3) is 0.286. The fourth-order valence-corrected chi connectivity index (χ4v) is 4.69. The molecular formula is C28H30N2O4S. The number of fused-ring (bicyclic) bond motifs is 1. The molecule has 0 saturated heterocycles. The molecule has 0 fully saturated rings. The average Bonchev–Trinajstić information content (AvgIpc) is 2.86. The molecule has 0 saturated carbocycles. The molecule has 4 rings (SSSR count). The van der Waals surface area contributed by atoms with Crippen LogP contribution in [0.15, 0.2) is 72.8 Å². The van der Waals surface area contributed by atoms with Gasteiger partial charge < -0.3 is 9.64 Å². The minimum absolute atomic E-state index is 0.00472. The zero-order valence-corrected chi connectivity index (χ0v) is 20.6. The van der Waals surface area contributed by atoms with Gasteiger partial charge in [-0.05, 0) is 60.2 Å². The van der Waals surface area contributed by atoms with Crippen molar-refractivity contribution in [3.05, 3.63) is 95.1 Å². The molecule has 2 N–H and O–H groups in total. The lowest BCUT2D eigenvalue weighted by atomic mass is 10.00. The molecule has 6 nitrogen and oxygen atoms in total. The van der Waals surface area contributed by atoms with Crippen LogP contribution in [0.5, 0.6) is 5.75 Å². The van der Waals surface area contributed by atoms with Crippen molar-refractivity contribution in [2.75, 3.05) is 18.0 Å². The zero-order valence-electron chi connectivity index (χ0n) is 19.8. The van der Waals surface area contributed by atoms with Gasteiger partial charge in [0.15, 0.2) is 0 Å². The van der Waals surface area contributed by atoms with Gasteiger partial charge in [-0.25, -0.2) is 0 Å². The highest BCUT2D eigenvalue weighted by atomic mass is 32.2. The van der Waals surface area contributed by atoms with E-state index in [4.69, 9.17) is 9.29 Å². The maximum Gasteiger partial charge on any atom is 0.333 e. The van der Waals surface area contributed by atoms with E-state index in [0.717, 1.165) is 30.6 Å². The molecule has 3 aromatic rings. The molecule has 0 bridgehead atoms. The van der Waals surface area contributed by atoms with Crippen molar-refractivity contribution < 1.29 is 17.7 Å². The lowest BCUT2D eigenvalue weighted by molar-refractivity contribution is 0.306. The first-order valence-electron chi connectivity index (χ1n) is 11.7. The van der Waals surface area contributed by atoms with Crippen LogP contribution in [0.4, 0.5) is 5.69 Å². The largest absolute Gasteiger partial charge is 0.489 e. The van der Waals surface area contributed by atoms with E-state index in [2.05, 4.69) is 70.0 Å². The molecule has 182 valence electrons. The number of aryl methyl sites for hydroxylation is 1. The van der Waals surface area contributed by atoms with Crippen molar-refractivity contribution in [3.63, 3.8) is 0 Å².